The highest BCUT2D eigenvalue weighted by Crippen LogP contribution is 2.21. The van der Waals surface area contributed by atoms with Crippen molar-refractivity contribution in [3.05, 3.63) is 39.7 Å². The molecule has 1 aromatic carbocycles. The Kier molecular flexibility index (Phi) is 4.37. The molecule has 0 saturated carbocycles. The molecule has 0 aromatic heterocycles. The van der Waals surface area contributed by atoms with E-state index in [0.717, 1.165) is 6.07 Å². The molecule has 0 radical (unpaired) electrons. The highest BCUT2D eigenvalue weighted by Gasteiger charge is 2.24. The van der Waals surface area contributed by atoms with Gasteiger partial charge in [-0.2, -0.15) is 4.39 Å². The maximum Gasteiger partial charge on any atom is 0.305 e. The molecule has 5 nitrogen and oxygen atoms in total. The number of hydrogen-bond donors (Lipinski definition) is 2. The Morgan fingerprint density at radius 1 is 1.56 bits per heavy atom. The van der Waals surface area contributed by atoms with Gasteiger partial charge in [0, 0.05) is 23.7 Å². The van der Waals surface area contributed by atoms with Crippen LogP contribution in [0.2, 0.25) is 0 Å². The van der Waals surface area contributed by atoms with Crippen LogP contribution in [0.3, 0.4) is 0 Å². The lowest BCUT2D eigenvalue weighted by Gasteiger charge is -2.29. The predicted molar refractivity (Wildman–Crippen MR) is 65.7 cm³/mol. The van der Waals surface area contributed by atoms with Crippen molar-refractivity contribution in [1.82, 2.24) is 5.32 Å². The SMILES string of the molecule is CC(O)C(C)(C)NCc1cccc([N+](=O)[O-])c1F. The van der Waals surface area contributed by atoms with Crippen LogP contribution < -0.4 is 5.32 Å². The molecule has 2 N–H and O–H groups in total. The summed E-state index contributed by atoms with van der Waals surface area (Å²) in [6.07, 6.45) is -0.626. The van der Waals surface area contributed by atoms with Gasteiger partial charge in [-0.15, -0.1) is 0 Å². The molecular formula is C12H17FN2O3. The Bertz CT molecular complexity index is 447. The number of rotatable bonds is 5. The van der Waals surface area contributed by atoms with Crippen LogP contribution in [-0.4, -0.2) is 21.7 Å². The van der Waals surface area contributed by atoms with Crippen molar-refractivity contribution in [2.45, 2.75) is 39.0 Å². The average Bonchev–Trinajstić information content (AvgIpc) is 2.27. The molecule has 0 aliphatic heterocycles. The zero-order valence-electron chi connectivity index (χ0n) is 10.6. The molecule has 0 bridgehead atoms. The lowest BCUT2D eigenvalue weighted by Crippen LogP contribution is -2.47. The Hall–Kier alpha value is -1.53. The summed E-state index contributed by atoms with van der Waals surface area (Å²) in [4.78, 5) is 9.84. The minimum atomic E-state index is -0.837. The second-order valence-corrected chi connectivity index (χ2v) is 4.76. The maximum absolute atomic E-state index is 13.8. The third-order valence-corrected chi connectivity index (χ3v) is 3.03. The molecule has 1 aromatic rings. The summed E-state index contributed by atoms with van der Waals surface area (Å²) in [6.45, 7) is 5.28. The van der Waals surface area contributed by atoms with E-state index in [4.69, 9.17) is 0 Å². The fourth-order valence-corrected chi connectivity index (χ4v) is 1.31. The van der Waals surface area contributed by atoms with Gasteiger partial charge < -0.3 is 10.4 Å². The highest BCUT2D eigenvalue weighted by molar-refractivity contribution is 5.36. The number of aliphatic hydroxyl groups is 1. The second-order valence-electron chi connectivity index (χ2n) is 4.76. The summed E-state index contributed by atoms with van der Waals surface area (Å²) < 4.78 is 13.8. The number of nitro groups is 1. The summed E-state index contributed by atoms with van der Waals surface area (Å²) in [7, 11) is 0. The van der Waals surface area contributed by atoms with E-state index < -0.39 is 28.1 Å². The molecule has 0 saturated heterocycles. The van der Waals surface area contributed by atoms with Crippen molar-refractivity contribution >= 4 is 5.69 Å². The first-order valence-electron chi connectivity index (χ1n) is 5.60. The lowest BCUT2D eigenvalue weighted by molar-refractivity contribution is -0.387. The lowest BCUT2D eigenvalue weighted by atomic mass is 9.98. The van der Waals surface area contributed by atoms with Crippen molar-refractivity contribution < 1.29 is 14.4 Å². The first-order chi connectivity index (χ1) is 8.25. The number of aliphatic hydroxyl groups excluding tert-OH is 1. The molecule has 0 amide bonds. The van der Waals surface area contributed by atoms with E-state index in [9.17, 15) is 19.6 Å². The maximum atomic E-state index is 13.8. The number of halogens is 1. The van der Waals surface area contributed by atoms with Crippen molar-refractivity contribution in [1.29, 1.82) is 0 Å². The largest absolute Gasteiger partial charge is 0.392 e. The fraction of sp³-hybridized carbons (Fsp3) is 0.500. The molecular weight excluding hydrogens is 239 g/mol. The second kappa shape index (κ2) is 5.41. The summed E-state index contributed by atoms with van der Waals surface area (Å²) in [5, 5.41) is 23.1. The number of nitro benzene ring substituents is 1. The van der Waals surface area contributed by atoms with E-state index in [1.165, 1.54) is 12.1 Å². The van der Waals surface area contributed by atoms with Crippen molar-refractivity contribution in [2.75, 3.05) is 0 Å². The predicted octanol–water partition coefficient (Wildman–Crippen LogP) is 1.98. The minimum Gasteiger partial charge on any atom is -0.392 e. The van der Waals surface area contributed by atoms with Gasteiger partial charge >= 0.3 is 5.69 Å². The van der Waals surface area contributed by atoms with Gasteiger partial charge in [-0.05, 0) is 20.8 Å². The average molecular weight is 256 g/mol. The monoisotopic (exact) mass is 256 g/mol. The Balaban J connectivity index is 2.87. The van der Waals surface area contributed by atoms with Gasteiger partial charge in [0.2, 0.25) is 5.82 Å². The zero-order chi connectivity index (χ0) is 13.9. The molecule has 1 atom stereocenters. The van der Waals surface area contributed by atoms with Crippen molar-refractivity contribution in [2.24, 2.45) is 0 Å². The Morgan fingerprint density at radius 2 is 2.17 bits per heavy atom. The van der Waals surface area contributed by atoms with E-state index in [1.54, 1.807) is 20.8 Å². The molecule has 0 spiro atoms. The van der Waals surface area contributed by atoms with Gasteiger partial charge in [0.05, 0.1) is 11.0 Å². The molecule has 0 heterocycles. The third kappa shape index (κ3) is 3.24. The van der Waals surface area contributed by atoms with Gasteiger partial charge in [0.25, 0.3) is 0 Å². The van der Waals surface area contributed by atoms with Crippen LogP contribution in [0.4, 0.5) is 10.1 Å². The molecule has 0 aliphatic carbocycles. The quantitative estimate of drug-likeness (QED) is 0.624. The highest BCUT2D eigenvalue weighted by atomic mass is 19.1. The molecule has 0 fully saturated rings. The molecule has 0 aliphatic rings. The van der Waals surface area contributed by atoms with Crippen molar-refractivity contribution in [3.63, 3.8) is 0 Å². The van der Waals surface area contributed by atoms with Crippen LogP contribution in [0.1, 0.15) is 26.3 Å². The van der Waals surface area contributed by atoms with E-state index in [1.807, 2.05) is 0 Å². The minimum absolute atomic E-state index is 0.116. The Morgan fingerprint density at radius 3 is 2.67 bits per heavy atom. The van der Waals surface area contributed by atoms with Crippen LogP contribution >= 0.6 is 0 Å². The van der Waals surface area contributed by atoms with E-state index in [2.05, 4.69) is 5.32 Å². The van der Waals surface area contributed by atoms with Crippen LogP contribution in [0, 0.1) is 15.9 Å². The first kappa shape index (κ1) is 14.5. The van der Waals surface area contributed by atoms with Gasteiger partial charge in [0.1, 0.15) is 0 Å². The normalized spacial score (nSPS) is 13.4. The van der Waals surface area contributed by atoms with Gasteiger partial charge in [0.15, 0.2) is 0 Å². The van der Waals surface area contributed by atoms with Crippen LogP contribution in [-0.2, 0) is 6.54 Å². The number of benzene rings is 1. The molecule has 100 valence electrons. The molecule has 6 heteroatoms. The summed E-state index contributed by atoms with van der Waals surface area (Å²) in [5.74, 6) is -0.837. The van der Waals surface area contributed by atoms with E-state index >= 15 is 0 Å². The van der Waals surface area contributed by atoms with Crippen LogP contribution in [0.15, 0.2) is 18.2 Å². The van der Waals surface area contributed by atoms with Gasteiger partial charge in [-0.3, -0.25) is 10.1 Å². The van der Waals surface area contributed by atoms with E-state index in [0.29, 0.717) is 0 Å². The third-order valence-electron chi connectivity index (χ3n) is 3.03. The summed E-state index contributed by atoms with van der Waals surface area (Å²) >= 11 is 0. The van der Waals surface area contributed by atoms with Gasteiger partial charge in [-0.25, -0.2) is 0 Å². The smallest absolute Gasteiger partial charge is 0.305 e. The topological polar surface area (TPSA) is 75.4 Å². The van der Waals surface area contributed by atoms with Crippen LogP contribution in [0.5, 0.6) is 0 Å². The summed E-state index contributed by atoms with van der Waals surface area (Å²) in [6, 6.07) is 4.04. The Labute approximate surface area is 105 Å². The number of nitrogens with one attached hydrogen (secondary N) is 1. The van der Waals surface area contributed by atoms with Gasteiger partial charge in [-0.1, -0.05) is 12.1 Å². The van der Waals surface area contributed by atoms with Crippen LogP contribution in [0.25, 0.3) is 0 Å². The zero-order valence-corrected chi connectivity index (χ0v) is 10.6. The fourth-order valence-electron chi connectivity index (χ4n) is 1.31. The van der Waals surface area contributed by atoms with E-state index in [-0.39, 0.29) is 12.1 Å². The standard InChI is InChI=1S/C12H17FN2O3/c1-8(16)12(2,3)14-7-9-5-4-6-10(11(9)13)15(17)18/h4-6,8,14,16H,7H2,1-3H3. The number of hydrogen-bond acceptors (Lipinski definition) is 4. The molecule has 1 unspecified atom stereocenters. The first-order valence-corrected chi connectivity index (χ1v) is 5.60. The summed E-state index contributed by atoms with van der Waals surface area (Å²) in [5.41, 5.74) is -0.932. The van der Waals surface area contributed by atoms with Crippen molar-refractivity contribution in [3.8, 4) is 0 Å². The molecule has 18 heavy (non-hydrogen) atoms. The molecule has 1 rings (SSSR count). The number of nitrogens with zero attached hydrogens (tertiary/aromatic N) is 1.